The number of aryl methyl sites for hydroxylation is 2. The van der Waals surface area contributed by atoms with Crippen LogP contribution in [-0.4, -0.2) is 14.1 Å². The lowest BCUT2D eigenvalue weighted by Gasteiger charge is -2.14. The highest BCUT2D eigenvalue weighted by Gasteiger charge is 2.20. The Morgan fingerprint density at radius 1 is 0.576 bits per heavy atom. The van der Waals surface area contributed by atoms with Crippen LogP contribution in [0.5, 0.6) is 0 Å². The van der Waals surface area contributed by atoms with E-state index in [-0.39, 0.29) is 0 Å². The van der Waals surface area contributed by atoms with Crippen LogP contribution in [0.1, 0.15) is 35.0 Å². The van der Waals surface area contributed by atoms with Gasteiger partial charge in [0.15, 0.2) is 0 Å². The zero-order chi connectivity index (χ0) is 40.0. The molecule has 0 radical (unpaired) electrons. The van der Waals surface area contributed by atoms with E-state index < -0.39 is 0 Å². The van der Waals surface area contributed by atoms with Gasteiger partial charge in [0, 0.05) is 47.9 Å². The first-order valence-corrected chi connectivity index (χ1v) is 21.0. The number of benzene rings is 6. The summed E-state index contributed by atoms with van der Waals surface area (Å²) in [5.41, 5.74) is 15.5. The maximum Gasteiger partial charge on any atom is 0.0730 e. The molecule has 0 fully saturated rings. The fraction of sp³-hybridized carbons (Fsp3) is 0.0727. The second-order valence-corrected chi connectivity index (χ2v) is 16.3. The van der Waals surface area contributed by atoms with Crippen molar-refractivity contribution in [3.8, 4) is 57.4 Å². The van der Waals surface area contributed by atoms with Crippen LogP contribution in [0.15, 0.2) is 164 Å². The molecule has 59 heavy (non-hydrogen) atoms. The summed E-state index contributed by atoms with van der Waals surface area (Å²) in [6.45, 7) is 6.60. The molecule has 0 aliphatic heterocycles. The second-order valence-electron chi connectivity index (χ2n) is 15.1. The van der Waals surface area contributed by atoms with Gasteiger partial charge < -0.3 is 9.13 Å². The minimum atomic E-state index is 0.928. The van der Waals surface area contributed by atoms with Crippen molar-refractivity contribution >= 4 is 66.3 Å². The first-order chi connectivity index (χ1) is 29.0. The summed E-state index contributed by atoms with van der Waals surface area (Å²) < 4.78 is 6.07. The van der Waals surface area contributed by atoms with E-state index in [0.29, 0.717) is 0 Å². The minimum Gasteiger partial charge on any atom is -0.310 e. The molecule has 0 spiro atoms. The van der Waals surface area contributed by atoms with Gasteiger partial charge in [-0.05, 0) is 115 Å². The fourth-order valence-electron chi connectivity index (χ4n) is 8.65. The highest BCUT2D eigenvalue weighted by molar-refractivity contribution is 7.19. The molecule has 0 aliphatic carbocycles. The Labute approximate surface area is 348 Å². The first kappa shape index (κ1) is 36.2. The van der Waals surface area contributed by atoms with E-state index in [1.807, 2.05) is 11.3 Å². The third kappa shape index (κ3) is 6.28. The van der Waals surface area contributed by atoms with Crippen molar-refractivity contribution in [2.75, 3.05) is 0 Å². The van der Waals surface area contributed by atoms with Crippen LogP contribution in [0, 0.1) is 26.2 Å². The molecule has 0 saturated carbocycles. The van der Waals surface area contributed by atoms with Crippen molar-refractivity contribution in [3.05, 3.63) is 186 Å². The molecule has 282 valence electrons. The molecule has 4 heteroatoms. The van der Waals surface area contributed by atoms with Gasteiger partial charge in [-0.25, -0.2) is 4.98 Å². The number of rotatable bonds is 8. The molecule has 4 aromatic heterocycles. The molecule has 0 N–H and O–H groups in total. The van der Waals surface area contributed by atoms with Crippen LogP contribution < -0.4 is 0 Å². The molecule has 0 bridgehead atoms. The smallest absolute Gasteiger partial charge is 0.0730 e. The molecule has 10 rings (SSSR count). The van der Waals surface area contributed by atoms with Crippen molar-refractivity contribution in [2.45, 2.75) is 27.2 Å². The lowest BCUT2D eigenvalue weighted by atomic mass is 10.00. The molecule has 0 unspecified atom stereocenters. The van der Waals surface area contributed by atoms with Crippen molar-refractivity contribution in [3.63, 3.8) is 0 Å². The number of pyridine rings is 1. The van der Waals surface area contributed by atoms with Crippen LogP contribution in [-0.2, 0) is 0 Å². The average molecular weight is 776 g/mol. The summed E-state index contributed by atoms with van der Waals surface area (Å²) in [6, 6.07) is 54.8. The Kier molecular flexibility index (Phi) is 9.17. The van der Waals surface area contributed by atoms with Crippen molar-refractivity contribution in [1.29, 1.82) is 0 Å². The number of hydrogen-bond acceptors (Lipinski definition) is 2. The SMILES string of the molecule is C#CC=Cc1c(C)c2ccccc2n1-c1ccc2c(c1)c1cc(-c3ccc4sc(C)c(C=CCC)c4c3)ccc1n2-c1cc(-c2ccccc2)nc(-c2ccccc2)c1. The Bertz CT molecular complexity index is 3270. The number of fused-ring (bicyclic) bond motifs is 5. The standard InChI is InChI=1S/C55H41N3S/c1-5-7-21-45-37(4)59-55-30-26-41(32-48(45)55)40-25-28-53-46(31-40)47-33-42(57-51(23-8-6-2)36(3)44-22-15-16-24-52(44)57)27-29-54(47)58(53)43-34-49(38-17-11-9-12-18-38)56-50(35-43)39-19-13-10-14-20-39/h2,7-35H,5H2,1,3-4H3. The predicted molar refractivity (Wildman–Crippen MR) is 254 cm³/mol. The Morgan fingerprint density at radius 2 is 1.19 bits per heavy atom. The largest absolute Gasteiger partial charge is 0.310 e. The predicted octanol–water partition coefficient (Wildman–Crippen LogP) is 15.0. The summed E-state index contributed by atoms with van der Waals surface area (Å²) in [5.74, 6) is 2.72. The van der Waals surface area contributed by atoms with Gasteiger partial charge in [-0.15, -0.1) is 17.8 Å². The third-order valence-corrected chi connectivity index (χ3v) is 12.6. The lowest BCUT2D eigenvalue weighted by Crippen LogP contribution is -1.99. The average Bonchev–Trinajstić information content (AvgIpc) is 3.89. The van der Waals surface area contributed by atoms with Gasteiger partial charge in [0.25, 0.3) is 0 Å². The maximum absolute atomic E-state index is 5.77. The van der Waals surface area contributed by atoms with Crippen molar-refractivity contribution in [1.82, 2.24) is 14.1 Å². The van der Waals surface area contributed by atoms with E-state index >= 15 is 0 Å². The first-order valence-electron chi connectivity index (χ1n) is 20.2. The van der Waals surface area contributed by atoms with Crippen LogP contribution in [0.4, 0.5) is 0 Å². The number of terminal acetylenes is 1. The summed E-state index contributed by atoms with van der Waals surface area (Å²) >= 11 is 1.87. The zero-order valence-corrected chi connectivity index (χ0v) is 34.1. The number of nitrogens with zero attached hydrogens (tertiary/aromatic N) is 3. The highest BCUT2D eigenvalue weighted by atomic mass is 32.1. The Balaban J connectivity index is 1.26. The van der Waals surface area contributed by atoms with Crippen molar-refractivity contribution in [2.24, 2.45) is 0 Å². The number of allylic oxidation sites excluding steroid dienone is 2. The monoisotopic (exact) mass is 775 g/mol. The third-order valence-electron chi connectivity index (χ3n) is 11.5. The summed E-state index contributed by atoms with van der Waals surface area (Å²) in [4.78, 5) is 6.57. The molecule has 6 aromatic carbocycles. The Hall–Kier alpha value is -7.19. The van der Waals surface area contributed by atoms with Crippen LogP contribution in [0.25, 0.3) is 100.0 Å². The second kappa shape index (κ2) is 15.0. The summed E-state index contributed by atoms with van der Waals surface area (Å²) in [5, 5.41) is 4.86. The van der Waals surface area contributed by atoms with E-state index in [9.17, 15) is 0 Å². The number of thiophene rings is 1. The maximum atomic E-state index is 5.77. The molecule has 0 amide bonds. The van der Waals surface area contributed by atoms with Gasteiger partial charge in [0.1, 0.15) is 0 Å². The van der Waals surface area contributed by atoms with E-state index in [1.54, 1.807) is 6.08 Å². The van der Waals surface area contributed by atoms with E-state index in [1.165, 1.54) is 53.4 Å². The molecule has 10 aromatic rings. The molecular weight excluding hydrogens is 735 g/mol. The molecular formula is C55H41N3S. The van der Waals surface area contributed by atoms with Gasteiger partial charge >= 0.3 is 0 Å². The normalized spacial score (nSPS) is 11.9. The van der Waals surface area contributed by atoms with Crippen LogP contribution in [0.2, 0.25) is 0 Å². The fourth-order valence-corrected chi connectivity index (χ4v) is 9.69. The zero-order valence-electron chi connectivity index (χ0n) is 33.3. The molecule has 0 aliphatic rings. The highest BCUT2D eigenvalue weighted by Crippen LogP contribution is 2.41. The lowest BCUT2D eigenvalue weighted by molar-refractivity contribution is 1.10. The van der Waals surface area contributed by atoms with Crippen LogP contribution in [0.3, 0.4) is 0 Å². The number of aromatic nitrogens is 3. The Morgan fingerprint density at radius 3 is 1.88 bits per heavy atom. The van der Waals surface area contributed by atoms with Gasteiger partial charge in [0.05, 0.1) is 39.3 Å². The van der Waals surface area contributed by atoms with Gasteiger partial charge in [0.2, 0.25) is 0 Å². The molecule has 0 atom stereocenters. The molecule has 3 nitrogen and oxygen atoms in total. The van der Waals surface area contributed by atoms with Gasteiger partial charge in [-0.2, -0.15) is 0 Å². The summed E-state index contributed by atoms with van der Waals surface area (Å²) in [6.07, 6.45) is 15.2. The number of para-hydroxylation sites is 1. The van der Waals surface area contributed by atoms with Crippen LogP contribution >= 0.6 is 11.3 Å². The quantitative estimate of drug-likeness (QED) is 0.141. The van der Waals surface area contributed by atoms with E-state index in [2.05, 4.69) is 206 Å². The van der Waals surface area contributed by atoms with E-state index in [0.717, 1.165) is 62.6 Å². The molecule has 0 saturated heterocycles. The van der Waals surface area contributed by atoms with Crippen molar-refractivity contribution < 1.29 is 0 Å². The van der Waals surface area contributed by atoms with E-state index in [4.69, 9.17) is 11.4 Å². The van der Waals surface area contributed by atoms with Gasteiger partial charge in [-0.1, -0.05) is 116 Å². The topological polar surface area (TPSA) is 22.8 Å². The van der Waals surface area contributed by atoms with Gasteiger partial charge in [-0.3, -0.25) is 0 Å². The molecule has 4 heterocycles. The minimum absolute atomic E-state index is 0.928. The summed E-state index contributed by atoms with van der Waals surface area (Å²) in [7, 11) is 0. The number of hydrogen-bond donors (Lipinski definition) is 0.